The van der Waals surface area contributed by atoms with Crippen molar-refractivity contribution in [3.63, 3.8) is 0 Å². The van der Waals surface area contributed by atoms with Gasteiger partial charge in [-0.3, -0.25) is 19.4 Å². The summed E-state index contributed by atoms with van der Waals surface area (Å²) in [6.45, 7) is 5.34. The minimum Gasteiger partial charge on any atom is -1.00 e. The second-order valence-corrected chi connectivity index (χ2v) is 8.69. The van der Waals surface area contributed by atoms with Crippen LogP contribution < -0.4 is 22.5 Å². The summed E-state index contributed by atoms with van der Waals surface area (Å²) in [6, 6.07) is 7.46. The Morgan fingerprint density at radius 2 is 1.97 bits per heavy atom. The van der Waals surface area contributed by atoms with Gasteiger partial charge in [-0.15, -0.1) is 0 Å². The number of rotatable bonds is 9. The van der Waals surface area contributed by atoms with Gasteiger partial charge >= 0.3 is 0 Å². The Morgan fingerprint density at radius 3 is 2.65 bits per heavy atom. The standard InChI is InChI=1S/C21H27N3O4S2.ClH/c1-27-17-5-3-16(4-6-17)15-18-20(26)24(21(29)30-18)10-7-19(25)22-8-2-9-23-11-13-28-14-12-23;/h3-6,15H,2,7-14H2,1H3,(H,22,25);1H/p-1/b18-15-;. The summed E-state index contributed by atoms with van der Waals surface area (Å²) in [4.78, 5) is 29.2. The number of thioether (sulfide) groups is 1. The van der Waals surface area contributed by atoms with E-state index < -0.39 is 0 Å². The van der Waals surface area contributed by atoms with Gasteiger partial charge in [0.15, 0.2) is 0 Å². The fourth-order valence-electron chi connectivity index (χ4n) is 3.20. The third-order valence-electron chi connectivity index (χ3n) is 4.93. The molecule has 10 heteroatoms. The van der Waals surface area contributed by atoms with Crippen LogP contribution in [-0.2, 0) is 14.3 Å². The number of morpholine rings is 1. The molecule has 170 valence electrons. The van der Waals surface area contributed by atoms with Crippen LogP contribution in [0, 0.1) is 0 Å². The second kappa shape index (κ2) is 13.0. The van der Waals surface area contributed by atoms with Crippen LogP contribution in [0.1, 0.15) is 18.4 Å². The van der Waals surface area contributed by atoms with Crippen LogP contribution in [0.3, 0.4) is 0 Å². The quantitative estimate of drug-likeness (QED) is 0.277. The molecule has 0 saturated carbocycles. The van der Waals surface area contributed by atoms with E-state index in [1.807, 2.05) is 30.3 Å². The fourth-order valence-corrected chi connectivity index (χ4v) is 4.51. The molecule has 2 aliphatic rings. The van der Waals surface area contributed by atoms with Gasteiger partial charge in [-0.2, -0.15) is 0 Å². The summed E-state index contributed by atoms with van der Waals surface area (Å²) in [6.07, 6.45) is 2.95. The number of hydrogen-bond donors (Lipinski definition) is 1. The van der Waals surface area contributed by atoms with E-state index in [0.717, 1.165) is 50.6 Å². The first-order valence-corrected chi connectivity index (χ1v) is 11.3. The van der Waals surface area contributed by atoms with Crippen molar-refractivity contribution in [3.8, 4) is 5.75 Å². The molecule has 0 bridgehead atoms. The number of benzene rings is 1. The van der Waals surface area contributed by atoms with Crippen LogP contribution in [0.25, 0.3) is 6.08 Å². The first kappa shape index (κ1) is 25.6. The summed E-state index contributed by atoms with van der Waals surface area (Å²) in [5.41, 5.74) is 0.898. The highest BCUT2D eigenvalue weighted by Crippen LogP contribution is 2.32. The highest BCUT2D eigenvalue weighted by molar-refractivity contribution is 8.26. The number of methoxy groups -OCH3 is 1. The number of nitrogens with one attached hydrogen (secondary N) is 1. The van der Waals surface area contributed by atoms with E-state index in [2.05, 4.69) is 10.2 Å². The van der Waals surface area contributed by atoms with Crippen molar-refractivity contribution in [2.24, 2.45) is 0 Å². The van der Waals surface area contributed by atoms with E-state index in [1.54, 1.807) is 7.11 Å². The van der Waals surface area contributed by atoms with Crippen molar-refractivity contribution in [1.29, 1.82) is 0 Å². The molecule has 0 unspecified atom stereocenters. The molecular formula is C21H27ClN3O4S2-. The first-order chi connectivity index (χ1) is 14.6. The van der Waals surface area contributed by atoms with E-state index in [1.165, 1.54) is 16.7 Å². The smallest absolute Gasteiger partial charge is 0.266 e. The Balaban J connectivity index is 0.00000341. The zero-order chi connectivity index (χ0) is 21.3. The molecule has 1 aromatic carbocycles. The minimum absolute atomic E-state index is 0. The number of thiocarbonyl (C=S) groups is 1. The topological polar surface area (TPSA) is 71.1 Å². The molecule has 0 radical (unpaired) electrons. The van der Waals surface area contributed by atoms with E-state index in [0.29, 0.717) is 22.3 Å². The number of halogens is 1. The van der Waals surface area contributed by atoms with Crippen LogP contribution in [-0.4, -0.2) is 79.0 Å². The molecule has 2 fully saturated rings. The highest BCUT2D eigenvalue weighted by atomic mass is 35.5. The van der Waals surface area contributed by atoms with Crippen molar-refractivity contribution in [2.45, 2.75) is 12.8 Å². The van der Waals surface area contributed by atoms with Crippen molar-refractivity contribution in [1.82, 2.24) is 15.1 Å². The van der Waals surface area contributed by atoms with Gasteiger partial charge in [0.1, 0.15) is 10.1 Å². The summed E-state index contributed by atoms with van der Waals surface area (Å²) >= 11 is 6.61. The number of carbonyl (C=O) groups excluding carboxylic acids is 2. The van der Waals surface area contributed by atoms with E-state index in [-0.39, 0.29) is 30.6 Å². The predicted molar refractivity (Wildman–Crippen MR) is 122 cm³/mol. The molecule has 1 N–H and O–H groups in total. The lowest BCUT2D eigenvalue weighted by atomic mass is 10.2. The molecule has 31 heavy (non-hydrogen) atoms. The SMILES string of the molecule is COc1ccc(/C=C2\SC(=S)N(CCC(=O)NCCCN3CCOCC3)C2=O)cc1.[Cl-]. The Morgan fingerprint density at radius 1 is 1.26 bits per heavy atom. The van der Waals surface area contributed by atoms with Gasteiger partial charge in [0.25, 0.3) is 5.91 Å². The predicted octanol–water partition coefficient (Wildman–Crippen LogP) is -0.871. The van der Waals surface area contributed by atoms with Crippen molar-refractivity contribution in [3.05, 3.63) is 34.7 Å². The molecule has 2 amide bonds. The third-order valence-corrected chi connectivity index (χ3v) is 6.30. The highest BCUT2D eigenvalue weighted by Gasteiger charge is 2.32. The van der Waals surface area contributed by atoms with Crippen LogP contribution >= 0.6 is 24.0 Å². The van der Waals surface area contributed by atoms with Gasteiger partial charge in [0.2, 0.25) is 5.91 Å². The van der Waals surface area contributed by atoms with Crippen LogP contribution in [0.15, 0.2) is 29.2 Å². The van der Waals surface area contributed by atoms with Crippen LogP contribution in [0.5, 0.6) is 5.75 Å². The molecule has 2 heterocycles. The van der Waals surface area contributed by atoms with Gasteiger partial charge < -0.3 is 27.2 Å². The van der Waals surface area contributed by atoms with E-state index in [9.17, 15) is 9.59 Å². The number of ether oxygens (including phenoxy) is 2. The Bertz CT molecular complexity index is 798. The normalized spacial score (nSPS) is 18.2. The number of hydrogen-bond acceptors (Lipinski definition) is 7. The molecular weight excluding hydrogens is 458 g/mol. The third kappa shape index (κ3) is 7.76. The van der Waals surface area contributed by atoms with Crippen LogP contribution in [0.4, 0.5) is 0 Å². The van der Waals surface area contributed by atoms with Crippen LogP contribution in [0.2, 0.25) is 0 Å². The lowest BCUT2D eigenvalue weighted by Crippen LogP contribution is -3.00. The molecule has 7 nitrogen and oxygen atoms in total. The summed E-state index contributed by atoms with van der Waals surface area (Å²) in [5, 5.41) is 2.93. The van der Waals surface area contributed by atoms with Crippen molar-refractivity contribution in [2.75, 3.05) is 53.0 Å². The summed E-state index contributed by atoms with van der Waals surface area (Å²) in [5.74, 6) is 0.543. The maximum Gasteiger partial charge on any atom is 0.266 e. The zero-order valence-electron chi connectivity index (χ0n) is 17.5. The molecule has 2 aliphatic heterocycles. The maximum atomic E-state index is 12.7. The van der Waals surface area contributed by atoms with Gasteiger partial charge in [-0.25, -0.2) is 0 Å². The van der Waals surface area contributed by atoms with E-state index in [4.69, 9.17) is 21.7 Å². The monoisotopic (exact) mass is 484 g/mol. The molecule has 0 aliphatic carbocycles. The Labute approximate surface area is 198 Å². The van der Waals surface area contributed by atoms with Gasteiger partial charge in [0.05, 0.1) is 25.2 Å². The molecule has 3 rings (SSSR count). The van der Waals surface area contributed by atoms with Gasteiger partial charge in [0, 0.05) is 32.6 Å². The first-order valence-electron chi connectivity index (χ1n) is 10.0. The van der Waals surface area contributed by atoms with Crippen molar-refractivity contribution >= 4 is 46.2 Å². The largest absolute Gasteiger partial charge is 1.00 e. The minimum atomic E-state index is -0.152. The summed E-state index contributed by atoms with van der Waals surface area (Å²) in [7, 11) is 1.61. The summed E-state index contributed by atoms with van der Waals surface area (Å²) < 4.78 is 11.0. The molecule has 0 spiro atoms. The number of carbonyl (C=O) groups is 2. The molecule has 2 saturated heterocycles. The van der Waals surface area contributed by atoms with Gasteiger partial charge in [-0.05, 0) is 36.7 Å². The average molecular weight is 485 g/mol. The average Bonchev–Trinajstić information content (AvgIpc) is 3.03. The van der Waals surface area contributed by atoms with Gasteiger partial charge in [-0.1, -0.05) is 36.1 Å². The van der Waals surface area contributed by atoms with Crippen molar-refractivity contribution < 1.29 is 31.5 Å². The number of amides is 2. The molecule has 1 aromatic rings. The Kier molecular flexibility index (Phi) is 10.8. The number of nitrogens with zero attached hydrogens (tertiary/aromatic N) is 2. The zero-order valence-corrected chi connectivity index (χ0v) is 19.9. The second-order valence-electron chi connectivity index (χ2n) is 7.01. The lowest BCUT2D eigenvalue weighted by Gasteiger charge is -2.26. The van der Waals surface area contributed by atoms with E-state index >= 15 is 0 Å². The lowest BCUT2D eigenvalue weighted by molar-refractivity contribution is -0.123. The molecule has 0 atom stereocenters. The fraction of sp³-hybridized carbons (Fsp3) is 0.476. The Hall–Kier alpha value is -1.65. The molecule has 0 aromatic heterocycles. The maximum absolute atomic E-state index is 12.7.